The molecule has 0 spiro atoms. The van der Waals surface area contributed by atoms with Gasteiger partial charge in [0.05, 0.1) is 0 Å². The molecule has 0 saturated heterocycles. The van der Waals surface area contributed by atoms with Crippen molar-refractivity contribution in [2.75, 3.05) is 7.05 Å². The van der Waals surface area contributed by atoms with Gasteiger partial charge in [-0.2, -0.15) is 0 Å². The van der Waals surface area contributed by atoms with Crippen molar-refractivity contribution < 1.29 is 9.59 Å². The van der Waals surface area contributed by atoms with E-state index in [4.69, 9.17) is 0 Å². The lowest BCUT2D eigenvalue weighted by Gasteiger charge is -2.06. The van der Waals surface area contributed by atoms with Crippen LogP contribution in [-0.2, 0) is 6.54 Å². The first-order valence-electron chi connectivity index (χ1n) is 6.38. The molecule has 3 N–H and O–H groups in total. The summed E-state index contributed by atoms with van der Waals surface area (Å²) >= 11 is 0. The maximum atomic E-state index is 11.9. The third-order valence-corrected chi connectivity index (χ3v) is 2.96. The third kappa shape index (κ3) is 3.56. The maximum Gasteiger partial charge on any atom is 0.260 e. The first-order chi connectivity index (χ1) is 10.1. The second-order valence-corrected chi connectivity index (χ2v) is 4.37. The van der Waals surface area contributed by atoms with E-state index in [1.807, 2.05) is 0 Å². The summed E-state index contributed by atoms with van der Waals surface area (Å²) in [5.74, 6) is -0.603. The van der Waals surface area contributed by atoms with Gasteiger partial charge in [0, 0.05) is 25.4 Å². The molecule has 0 aliphatic heterocycles. The fourth-order valence-electron chi connectivity index (χ4n) is 1.80. The molecule has 0 unspecified atom stereocenters. The maximum absolute atomic E-state index is 11.9. The van der Waals surface area contributed by atoms with Crippen molar-refractivity contribution >= 4 is 11.8 Å². The number of nitrogens with one attached hydrogen (secondary N) is 3. The molecule has 6 heteroatoms. The average Bonchev–Trinajstić information content (AvgIpc) is 2.52. The van der Waals surface area contributed by atoms with Crippen LogP contribution in [0.15, 0.2) is 47.4 Å². The Morgan fingerprint density at radius 2 is 1.81 bits per heavy atom. The van der Waals surface area contributed by atoms with E-state index in [2.05, 4.69) is 15.6 Å². The molecule has 0 saturated carbocycles. The summed E-state index contributed by atoms with van der Waals surface area (Å²) in [6.45, 7) is 0.279. The summed E-state index contributed by atoms with van der Waals surface area (Å²) in [5, 5.41) is 5.19. The summed E-state index contributed by atoms with van der Waals surface area (Å²) < 4.78 is 0. The molecular formula is C15H15N3O3. The molecule has 108 valence electrons. The van der Waals surface area contributed by atoms with Crippen LogP contribution < -0.4 is 16.2 Å². The molecule has 2 aromatic rings. The Kier molecular flexibility index (Phi) is 4.50. The average molecular weight is 285 g/mol. The van der Waals surface area contributed by atoms with Gasteiger partial charge in [0.2, 0.25) is 0 Å². The van der Waals surface area contributed by atoms with Crippen LogP contribution in [0.2, 0.25) is 0 Å². The molecule has 0 radical (unpaired) electrons. The van der Waals surface area contributed by atoms with Crippen LogP contribution in [0, 0.1) is 0 Å². The summed E-state index contributed by atoms with van der Waals surface area (Å²) in [4.78, 5) is 37.2. The second-order valence-electron chi connectivity index (χ2n) is 4.37. The Hall–Kier alpha value is -2.89. The number of pyridine rings is 1. The van der Waals surface area contributed by atoms with Gasteiger partial charge in [-0.1, -0.05) is 12.1 Å². The van der Waals surface area contributed by atoms with Gasteiger partial charge in [0.15, 0.2) is 0 Å². The van der Waals surface area contributed by atoms with E-state index in [9.17, 15) is 14.4 Å². The summed E-state index contributed by atoms with van der Waals surface area (Å²) in [5.41, 5.74) is 1.03. The van der Waals surface area contributed by atoms with Gasteiger partial charge in [-0.25, -0.2) is 0 Å². The first kappa shape index (κ1) is 14.5. The number of H-pyrrole nitrogens is 1. The minimum absolute atomic E-state index is 0.0690. The lowest BCUT2D eigenvalue weighted by molar-refractivity contribution is 0.0944. The van der Waals surface area contributed by atoms with E-state index in [1.165, 1.54) is 12.3 Å². The van der Waals surface area contributed by atoms with E-state index in [-0.39, 0.29) is 18.0 Å². The molecule has 6 nitrogen and oxygen atoms in total. The Morgan fingerprint density at radius 3 is 2.43 bits per heavy atom. The smallest absolute Gasteiger partial charge is 0.260 e. The summed E-state index contributed by atoms with van der Waals surface area (Å²) in [6.07, 6.45) is 1.47. The highest BCUT2D eigenvalue weighted by Crippen LogP contribution is 2.04. The van der Waals surface area contributed by atoms with Crippen LogP contribution in [0.1, 0.15) is 26.3 Å². The number of benzene rings is 1. The van der Waals surface area contributed by atoms with E-state index >= 15 is 0 Å². The molecule has 0 bridgehead atoms. The number of aromatic amines is 1. The van der Waals surface area contributed by atoms with Gasteiger partial charge in [0.25, 0.3) is 17.4 Å². The lowest BCUT2D eigenvalue weighted by Crippen LogP contribution is -2.28. The van der Waals surface area contributed by atoms with Crippen LogP contribution >= 0.6 is 0 Å². The molecule has 0 fully saturated rings. The number of aromatic nitrogens is 1. The minimum atomic E-state index is -0.438. The molecule has 1 heterocycles. The number of carbonyl (C=O) groups excluding carboxylic acids is 2. The van der Waals surface area contributed by atoms with Crippen LogP contribution in [0.5, 0.6) is 0 Å². The van der Waals surface area contributed by atoms with Crippen molar-refractivity contribution in [3.63, 3.8) is 0 Å². The van der Waals surface area contributed by atoms with Crippen molar-refractivity contribution in [2.45, 2.75) is 6.54 Å². The lowest BCUT2D eigenvalue weighted by atomic mass is 10.1. The van der Waals surface area contributed by atoms with E-state index in [0.717, 1.165) is 5.56 Å². The monoisotopic (exact) mass is 285 g/mol. The zero-order chi connectivity index (χ0) is 15.2. The van der Waals surface area contributed by atoms with Crippen molar-refractivity contribution in [3.05, 3.63) is 69.6 Å². The number of carbonyl (C=O) groups is 2. The normalized spacial score (nSPS) is 9.95. The predicted octanol–water partition coefficient (Wildman–Crippen LogP) is 0.664. The number of rotatable bonds is 4. The summed E-state index contributed by atoms with van der Waals surface area (Å²) in [7, 11) is 1.56. The zero-order valence-electron chi connectivity index (χ0n) is 11.5. The largest absolute Gasteiger partial charge is 0.355 e. The van der Waals surface area contributed by atoms with E-state index in [1.54, 1.807) is 37.4 Å². The summed E-state index contributed by atoms with van der Waals surface area (Å²) in [6, 6.07) is 9.91. The van der Waals surface area contributed by atoms with Crippen molar-refractivity contribution in [1.29, 1.82) is 0 Å². The van der Waals surface area contributed by atoms with Gasteiger partial charge in [-0.15, -0.1) is 0 Å². The van der Waals surface area contributed by atoms with Crippen molar-refractivity contribution in [2.24, 2.45) is 0 Å². The third-order valence-electron chi connectivity index (χ3n) is 2.96. The van der Waals surface area contributed by atoms with Gasteiger partial charge in [0.1, 0.15) is 5.56 Å². The van der Waals surface area contributed by atoms with Gasteiger partial charge >= 0.3 is 0 Å². The Morgan fingerprint density at radius 1 is 1.10 bits per heavy atom. The molecule has 2 rings (SSSR count). The Bertz CT molecular complexity index is 705. The van der Waals surface area contributed by atoms with Crippen molar-refractivity contribution in [1.82, 2.24) is 15.6 Å². The fourth-order valence-corrected chi connectivity index (χ4v) is 1.80. The number of amides is 2. The SMILES string of the molecule is CNC(=O)c1ccc(CNC(=O)c2ccc[nH]c2=O)cc1. The second kappa shape index (κ2) is 6.51. The van der Waals surface area contributed by atoms with Crippen LogP contribution in [0.25, 0.3) is 0 Å². The van der Waals surface area contributed by atoms with Gasteiger partial charge in [-0.05, 0) is 29.8 Å². The highest BCUT2D eigenvalue weighted by atomic mass is 16.2. The van der Waals surface area contributed by atoms with Crippen LogP contribution in [0.4, 0.5) is 0 Å². The highest BCUT2D eigenvalue weighted by molar-refractivity contribution is 5.94. The zero-order valence-corrected chi connectivity index (χ0v) is 11.5. The van der Waals surface area contributed by atoms with Crippen LogP contribution in [-0.4, -0.2) is 23.8 Å². The molecular weight excluding hydrogens is 270 g/mol. The number of hydrogen-bond acceptors (Lipinski definition) is 3. The van der Waals surface area contributed by atoms with Crippen LogP contribution in [0.3, 0.4) is 0 Å². The van der Waals surface area contributed by atoms with Gasteiger partial charge < -0.3 is 15.6 Å². The number of hydrogen-bond donors (Lipinski definition) is 3. The molecule has 1 aromatic carbocycles. The minimum Gasteiger partial charge on any atom is -0.355 e. The molecule has 2 amide bonds. The molecule has 1 aromatic heterocycles. The van der Waals surface area contributed by atoms with Crippen molar-refractivity contribution in [3.8, 4) is 0 Å². The van der Waals surface area contributed by atoms with Gasteiger partial charge in [-0.3, -0.25) is 14.4 Å². The van der Waals surface area contributed by atoms with E-state index < -0.39 is 11.5 Å². The Balaban J connectivity index is 2.00. The highest BCUT2D eigenvalue weighted by Gasteiger charge is 2.09. The Labute approximate surface area is 121 Å². The molecule has 0 aliphatic carbocycles. The molecule has 0 aliphatic rings. The predicted molar refractivity (Wildman–Crippen MR) is 78.1 cm³/mol. The standard InChI is InChI=1S/C15H15N3O3/c1-16-13(19)11-6-4-10(5-7-11)9-18-15(21)12-3-2-8-17-14(12)20/h2-8H,9H2,1H3,(H,16,19)(H,17,20)(H,18,21). The fraction of sp³-hybridized carbons (Fsp3) is 0.133. The molecule has 0 atom stereocenters. The topological polar surface area (TPSA) is 91.1 Å². The first-order valence-corrected chi connectivity index (χ1v) is 6.38. The quantitative estimate of drug-likeness (QED) is 0.771. The molecule has 21 heavy (non-hydrogen) atoms. The van der Waals surface area contributed by atoms with E-state index in [0.29, 0.717) is 5.56 Å².